The normalized spacial score (nSPS) is 13.1. The molecule has 0 aliphatic rings. The van der Waals surface area contributed by atoms with Gasteiger partial charge in [0.25, 0.3) is 0 Å². The number of alkyl carbamates (subject to hydrolysis) is 1. The van der Waals surface area contributed by atoms with Crippen molar-refractivity contribution in [2.24, 2.45) is 5.92 Å². The van der Waals surface area contributed by atoms with E-state index in [2.05, 4.69) is 11.9 Å². The maximum atomic E-state index is 11.6. The fraction of sp³-hybridized carbons (Fsp3) is 0.692. The van der Waals surface area contributed by atoms with Crippen LogP contribution in [0.3, 0.4) is 0 Å². The van der Waals surface area contributed by atoms with E-state index in [0.717, 1.165) is 0 Å². The zero-order chi connectivity index (χ0) is 13.6. The molecule has 1 atom stereocenters. The highest BCUT2D eigenvalue weighted by Gasteiger charge is 2.23. The van der Waals surface area contributed by atoms with Crippen molar-refractivity contribution in [3.8, 4) is 0 Å². The van der Waals surface area contributed by atoms with E-state index in [0.29, 0.717) is 12.3 Å². The van der Waals surface area contributed by atoms with Crippen molar-refractivity contribution < 1.29 is 14.3 Å². The van der Waals surface area contributed by atoms with Gasteiger partial charge in [-0.05, 0) is 39.2 Å². The lowest BCUT2D eigenvalue weighted by Crippen LogP contribution is -2.43. The highest BCUT2D eigenvalue weighted by Crippen LogP contribution is 2.10. The summed E-state index contributed by atoms with van der Waals surface area (Å²) in [6.45, 7) is 12.7. The summed E-state index contributed by atoms with van der Waals surface area (Å²) in [6.07, 6.45) is 1.23. The van der Waals surface area contributed by atoms with Crippen LogP contribution in [-0.2, 0) is 9.53 Å². The third-order valence-electron chi connectivity index (χ3n) is 1.94. The molecule has 0 fully saturated rings. The first kappa shape index (κ1) is 15.7. The summed E-state index contributed by atoms with van der Waals surface area (Å²) in [5, 5.41) is 2.57. The molecule has 1 N–H and O–H groups in total. The van der Waals surface area contributed by atoms with Crippen LogP contribution in [0.1, 0.15) is 41.0 Å². The van der Waals surface area contributed by atoms with Crippen molar-refractivity contribution in [1.82, 2.24) is 5.32 Å². The summed E-state index contributed by atoms with van der Waals surface area (Å²) < 4.78 is 5.11. The topological polar surface area (TPSA) is 55.4 Å². The van der Waals surface area contributed by atoms with Crippen LogP contribution in [0.2, 0.25) is 0 Å². The Morgan fingerprint density at radius 3 is 2.24 bits per heavy atom. The van der Waals surface area contributed by atoms with Gasteiger partial charge in [0.2, 0.25) is 0 Å². The van der Waals surface area contributed by atoms with Gasteiger partial charge in [-0.25, -0.2) is 4.79 Å². The molecular weight excluding hydrogens is 218 g/mol. The van der Waals surface area contributed by atoms with Crippen LogP contribution in [0.5, 0.6) is 0 Å². The monoisotopic (exact) mass is 241 g/mol. The van der Waals surface area contributed by atoms with Crippen LogP contribution in [0, 0.1) is 5.92 Å². The Labute approximate surface area is 103 Å². The third kappa shape index (κ3) is 7.55. The predicted octanol–water partition coefficient (Wildman–Crippen LogP) is 2.68. The predicted molar refractivity (Wildman–Crippen MR) is 67.8 cm³/mol. The minimum Gasteiger partial charge on any atom is -0.444 e. The number of nitrogens with one attached hydrogen (secondary N) is 1. The van der Waals surface area contributed by atoms with E-state index in [4.69, 9.17) is 4.74 Å². The second-order valence-electron chi connectivity index (χ2n) is 5.43. The Morgan fingerprint density at radius 1 is 1.35 bits per heavy atom. The number of carbonyl (C=O) groups is 2. The Morgan fingerprint density at radius 2 is 1.88 bits per heavy atom. The highest BCUT2D eigenvalue weighted by atomic mass is 16.6. The van der Waals surface area contributed by atoms with Crippen LogP contribution >= 0.6 is 0 Å². The molecule has 0 unspecified atom stereocenters. The molecule has 0 rings (SSSR count). The molecular formula is C13H23NO3. The first-order chi connectivity index (χ1) is 7.65. The number of rotatable bonds is 5. The van der Waals surface area contributed by atoms with Gasteiger partial charge in [0.1, 0.15) is 5.60 Å². The molecule has 0 aromatic carbocycles. The molecule has 98 valence electrons. The molecule has 0 saturated heterocycles. The number of hydrogen-bond donors (Lipinski definition) is 1. The summed E-state index contributed by atoms with van der Waals surface area (Å²) in [6, 6.07) is -0.553. The Bertz CT molecular complexity index is 290. The maximum Gasteiger partial charge on any atom is 0.408 e. The number of ether oxygens (including phenoxy) is 1. The largest absolute Gasteiger partial charge is 0.444 e. The molecule has 0 aromatic rings. The van der Waals surface area contributed by atoms with E-state index in [1.807, 2.05) is 13.8 Å². The number of ketones is 1. The summed E-state index contributed by atoms with van der Waals surface area (Å²) in [4.78, 5) is 23.1. The molecule has 1 amide bonds. The lowest BCUT2D eigenvalue weighted by atomic mass is 10.0. The molecule has 0 aliphatic carbocycles. The summed E-state index contributed by atoms with van der Waals surface area (Å²) in [5.41, 5.74) is -0.566. The number of amides is 1. The Balaban J connectivity index is 4.48. The van der Waals surface area contributed by atoms with Crippen LogP contribution in [0.15, 0.2) is 12.7 Å². The standard InChI is InChI=1S/C13H23NO3/c1-7-11(15)10(8-9(2)3)14-12(16)17-13(4,5)6/h7,9-10H,1,8H2,2-6H3,(H,14,16)/t10-/m0/s1. The minimum atomic E-state index is -0.571. The second kappa shape index (κ2) is 6.42. The van der Waals surface area contributed by atoms with Crippen molar-refractivity contribution in [3.63, 3.8) is 0 Å². The lowest BCUT2D eigenvalue weighted by Gasteiger charge is -2.23. The Kier molecular flexibility index (Phi) is 5.93. The van der Waals surface area contributed by atoms with Gasteiger partial charge in [0.15, 0.2) is 5.78 Å². The smallest absolute Gasteiger partial charge is 0.408 e. The summed E-state index contributed by atoms with van der Waals surface area (Å²) in [7, 11) is 0. The molecule has 4 nitrogen and oxygen atoms in total. The van der Waals surface area contributed by atoms with Crippen molar-refractivity contribution >= 4 is 11.9 Å². The quantitative estimate of drug-likeness (QED) is 0.753. The highest BCUT2D eigenvalue weighted by molar-refractivity contribution is 5.95. The summed E-state index contributed by atoms with van der Waals surface area (Å²) in [5.74, 6) is 0.114. The van der Waals surface area contributed by atoms with Gasteiger partial charge in [-0.1, -0.05) is 20.4 Å². The van der Waals surface area contributed by atoms with E-state index in [-0.39, 0.29) is 5.78 Å². The molecule has 0 radical (unpaired) electrons. The van der Waals surface area contributed by atoms with Crippen LogP contribution in [0.25, 0.3) is 0 Å². The average Bonchev–Trinajstić information content (AvgIpc) is 2.11. The van der Waals surface area contributed by atoms with Crippen molar-refractivity contribution in [2.45, 2.75) is 52.7 Å². The van der Waals surface area contributed by atoms with E-state index >= 15 is 0 Å². The van der Waals surface area contributed by atoms with Gasteiger partial charge in [0.05, 0.1) is 6.04 Å². The Hall–Kier alpha value is -1.32. The fourth-order valence-electron chi connectivity index (χ4n) is 1.31. The van der Waals surface area contributed by atoms with Gasteiger partial charge >= 0.3 is 6.09 Å². The van der Waals surface area contributed by atoms with E-state index < -0.39 is 17.7 Å². The summed E-state index contributed by atoms with van der Waals surface area (Å²) >= 11 is 0. The molecule has 0 aliphatic heterocycles. The molecule has 0 spiro atoms. The van der Waals surface area contributed by atoms with Crippen molar-refractivity contribution in [1.29, 1.82) is 0 Å². The second-order valence-corrected chi connectivity index (χ2v) is 5.43. The SMILES string of the molecule is C=CC(=O)[C@H](CC(C)C)NC(=O)OC(C)(C)C. The van der Waals surface area contributed by atoms with Gasteiger partial charge in [-0.2, -0.15) is 0 Å². The number of hydrogen-bond acceptors (Lipinski definition) is 3. The van der Waals surface area contributed by atoms with Crippen molar-refractivity contribution in [2.75, 3.05) is 0 Å². The van der Waals surface area contributed by atoms with Gasteiger partial charge < -0.3 is 10.1 Å². The van der Waals surface area contributed by atoms with Crippen molar-refractivity contribution in [3.05, 3.63) is 12.7 Å². The first-order valence-corrected chi connectivity index (χ1v) is 5.81. The van der Waals surface area contributed by atoms with Crippen LogP contribution in [-0.4, -0.2) is 23.5 Å². The van der Waals surface area contributed by atoms with Gasteiger partial charge in [-0.3, -0.25) is 4.79 Å². The van der Waals surface area contributed by atoms with E-state index in [1.54, 1.807) is 20.8 Å². The minimum absolute atomic E-state index is 0.190. The van der Waals surface area contributed by atoms with Gasteiger partial charge in [-0.15, -0.1) is 0 Å². The van der Waals surface area contributed by atoms with Crippen LogP contribution in [0.4, 0.5) is 4.79 Å². The zero-order valence-electron chi connectivity index (χ0n) is 11.4. The third-order valence-corrected chi connectivity index (χ3v) is 1.94. The molecule has 17 heavy (non-hydrogen) atoms. The lowest BCUT2D eigenvalue weighted by molar-refractivity contribution is -0.116. The van der Waals surface area contributed by atoms with Crippen LogP contribution < -0.4 is 5.32 Å². The average molecular weight is 241 g/mol. The first-order valence-electron chi connectivity index (χ1n) is 5.81. The molecule has 0 bridgehead atoms. The fourth-order valence-corrected chi connectivity index (χ4v) is 1.31. The zero-order valence-corrected chi connectivity index (χ0v) is 11.4. The number of carbonyl (C=O) groups excluding carboxylic acids is 2. The molecule has 0 saturated carbocycles. The molecule has 0 aromatic heterocycles. The van der Waals surface area contributed by atoms with E-state index in [9.17, 15) is 9.59 Å². The molecule has 4 heteroatoms. The molecule has 0 heterocycles. The van der Waals surface area contributed by atoms with Gasteiger partial charge in [0, 0.05) is 0 Å². The van der Waals surface area contributed by atoms with E-state index in [1.165, 1.54) is 6.08 Å². The maximum absolute atomic E-state index is 11.6.